The van der Waals surface area contributed by atoms with Gasteiger partial charge in [-0.15, -0.1) is 23.4 Å². The number of amides is 1. The number of ketones is 1. The van der Waals surface area contributed by atoms with Gasteiger partial charge >= 0.3 is 0 Å². The van der Waals surface area contributed by atoms with Crippen molar-refractivity contribution in [3.05, 3.63) is 30.3 Å². The number of benzene rings is 1. The molecule has 17 heavy (non-hydrogen) atoms. The molecule has 0 radical (unpaired) electrons. The van der Waals surface area contributed by atoms with Gasteiger partial charge in [-0.25, -0.2) is 0 Å². The second kappa shape index (κ2) is 7.19. The van der Waals surface area contributed by atoms with Crippen molar-refractivity contribution in [2.24, 2.45) is 0 Å². The molecular weight excluding hydrogens is 262 g/mol. The van der Waals surface area contributed by atoms with E-state index in [0.29, 0.717) is 5.75 Å². The molecule has 4 nitrogen and oxygen atoms in total. The van der Waals surface area contributed by atoms with Crippen LogP contribution in [-0.4, -0.2) is 29.6 Å². The van der Waals surface area contributed by atoms with Crippen LogP contribution in [-0.2, 0) is 4.79 Å². The van der Waals surface area contributed by atoms with E-state index in [-0.39, 0.29) is 11.7 Å². The predicted octanol–water partition coefficient (Wildman–Crippen LogP) is 0.888. The molecule has 0 spiro atoms. The second-order valence-corrected chi connectivity index (χ2v) is 4.57. The van der Waals surface area contributed by atoms with E-state index in [0.717, 1.165) is 4.90 Å². The summed E-state index contributed by atoms with van der Waals surface area (Å²) in [5.74, 6) is -0.289. The molecule has 0 fully saturated rings. The van der Waals surface area contributed by atoms with Gasteiger partial charge in [-0.05, 0) is 12.1 Å². The third kappa shape index (κ3) is 5.10. The molecule has 0 saturated heterocycles. The molecule has 0 aliphatic rings. The van der Waals surface area contributed by atoms with E-state index in [1.54, 1.807) is 0 Å². The molecule has 0 aliphatic carbocycles. The monoisotopic (exact) mass is 272 g/mol. The SMILES string of the molecule is O=C([O-])NC(CSc1ccccc1)C(=O)CCl. The Kier molecular flexibility index (Phi) is 5.86. The molecule has 1 N–H and O–H groups in total. The molecule has 0 aromatic heterocycles. The summed E-state index contributed by atoms with van der Waals surface area (Å²) in [6.07, 6.45) is -1.47. The average Bonchev–Trinajstić information content (AvgIpc) is 2.34. The van der Waals surface area contributed by atoms with Crippen molar-refractivity contribution in [1.29, 1.82) is 0 Å². The first kappa shape index (κ1) is 13.9. The normalized spacial score (nSPS) is 11.8. The van der Waals surface area contributed by atoms with Crippen molar-refractivity contribution < 1.29 is 14.7 Å². The summed E-state index contributed by atoms with van der Waals surface area (Å²) in [7, 11) is 0. The molecular formula is C11H11ClNO3S-. The highest BCUT2D eigenvalue weighted by atomic mass is 35.5. The van der Waals surface area contributed by atoms with Crippen molar-refractivity contribution in [2.45, 2.75) is 10.9 Å². The lowest BCUT2D eigenvalue weighted by Gasteiger charge is -2.17. The van der Waals surface area contributed by atoms with Crippen LogP contribution in [0.4, 0.5) is 4.79 Å². The first-order valence-corrected chi connectivity index (χ1v) is 6.39. The van der Waals surface area contributed by atoms with Gasteiger partial charge in [-0.2, -0.15) is 0 Å². The minimum atomic E-state index is -1.47. The smallest absolute Gasteiger partial charge is 0.170 e. The van der Waals surface area contributed by atoms with E-state index in [2.05, 4.69) is 5.32 Å². The average molecular weight is 273 g/mol. The first-order valence-electron chi connectivity index (χ1n) is 4.87. The van der Waals surface area contributed by atoms with E-state index >= 15 is 0 Å². The molecule has 0 bridgehead atoms. The van der Waals surface area contributed by atoms with Gasteiger partial charge in [-0.3, -0.25) is 4.79 Å². The van der Waals surface area contributed by atoms with Gasteiger partial charge in [0.15, 0.2) is 5.78 Å². The molecule has 1 rings (SSSR count). The van der Waals surface area contributed by atoms with Crippen LogP contribution in [0.2, 0.25) is 0 Å². The minimum Gasteiger partial charge on any atom is -0.530 e. The van der Waals surface area contributed by atoms with Crippen LogP contribution < -0.4 is 10.4 Å². The number of carbonyl (C=O) groups is 2. The van der Waals surface area contributed by atoms with E-state index in [9.17, 15) is 14.7 Å². The second-order valence-electron chi connectivity index (χ2n) is 3.21. The summed E-state index contributed by atoms with van der Waals surface area (Å²) in [5, 5.41) is 12.5. The van der Waals surface area contributed by atoms with Crippen LogP contribution in [0.25, 0.3) is 0 Å². The van der Waals surface area contributed by atoms with Gasteiger partial charge in [0, 0.05) is 10.6 Å². The van der Waals surface area contributed by atoms with E-state index < -0.39 is 12.1 Å². The fourth-order valence-electron chi connectivity index (χ4n) is 1.15. The van der Waals surface area contributed by atoms with Crippen LogP contribution in [0.15, 0.2) is 35.2 Å². The number of nitrogens with one attached hydrogen (secondary N) is 1. The Balaban J connectivity index is 2.55. The lowest BCUT2D eigenvalue weighted by molar-refractivity contribution is -0.251. The number of hydrogen-bond donors (Lipinski definition) is 1. The number of thioether (sulfide) groups is 1. The predicted molar refractivity (Wildman–Crippen MR) is 65.2 cm³/mol. The van der Waals surface area contributed by atoms with Crippen molar-refractivity contribution in [2.75, 3.05) is 11.6 Å². The van der Waals surface area contributed by atoms with Crippen molar-refractivity contribution in [3.8, 4) is 0 Å². The van der Waals surface area contributed by atoms with E-state index in [1.807, 2.05) is 30.3 Å². The Labute approximate surface area is 108 Å². The third-order valence-corrected chi connectivity index (χ3v) is 3.34. The highest BCUT2D eigenvalue weighted by Crippen LogP contribution is 2.18. The van der Waals surface area contributed by atoms with Crippen LogP contribution in [0.5, 0.6) is 0 Å². The first-order chi connectivity index (χ1) is 8.13. The fourth-order valence-corrected chi connectivity index (χ4v) is 2.31. The largest absolute Gasteiger partial charge is 0.530 e. The van der Waals surface area contributed by atoms with Crippen LogP contribution in [0, 0.1) is 0 Å². The number of Topliss-reactive ketones (excluding diaryl/α,β-unsaturated/α-hetero) is 1. The molecule has 0 heterocycles. The molecule has 6 heteroatoms. The van der Waals surface area contributed by atoms with Gasteiger partial charge in [0.05, 0.1) is 11.9 Å². The molecule has 1 aromatic carbocycles. The quantitative estimate of drug-likeness (QED) is 0.617. The molecule has 1 aromatic rings. The van der Waals surface area contributed by atoms with E-state index in [1.165, 1.54) is 11.8 Å². The third-order valence-electron chi connectivity index (χ3n) is 1.97. The maximum absolute atomic E-state index is 11.4. The zero-order valence-electron chi connectivity index (χ0n) is 8.89. The summed E-state index contributed by atoms with van der Waals surface area (Å²) in [4.78, 5) is 22.7. The van der Waals surface area contributed by atoms with Crippen LogP contribution in [0.1, 0.15) is 0 Å². The standard InChI is InChI=1S/C11H12ClNO3S/c12-6-10(14)9(13-11(15)16)7-17-8-4-2-1-3-5-8/h1-5,9,13H,6-7H2,(H,15,16)/p-1. The van der Waals surface area contributed by atoms with Gasteiger partial charge in [-0.1, -0.05) is 18.2 Å². The summed E-state index contributed by atoms with van der Waals surface area (Å²) < 4.78 is 0. The molecule has 0 aliphatic heterocycles. The summed E-state index contributed by atoms with van der Waals surface area (Å²) in [6.45, 7) is 0. The Morgan fingerprint density at radius 3 is 2.53 bits per heavy atom. The highest BCUT2D eigenvalue weighted by Gasteiger charge is 2.17. The lowest BCUT2D eigenvalue weighted by Crippen LogP contribution is -2.48. The number of rotatable bonds is 6. The Hall–Kier alpha value is -1.20. The van der Waals surface area contributed by atoms with Gasteiger partial charge < -0.3 is 15.2 Å². The summed E-state index contributed by atoms with van der Waals surface area (Å²) in [5.41, 5.74) is 0. The fraction of sp³-hybridized carbons (Fsp3) is 0.273. The zero-order valence-corrected chi connectivity index (χ0v) is 10.5. The minimum absolute atomic E-state index is 0.222. The molecule has 92 valence electrons. The van der Waals surface area contributed by atoms with Crippen LogP contribution >= 0.6 is 23.4 Å². The number of carbonyl (C=O) groups excluding carboxylic acids is 2. The van der Waals surface area contributed by atoms with E-state index in [4.69, 9.17) is 11.6 Å². The molecule has 1 unspecified atom stereocenters. The van der Waals surface area contributed by atoms with Gasteiger partial charge in [0.1, 0.15) is 6.09 Å². The number of alkyl halides is 1. The number of halogens is 1. The molecule has 1 amide bonds. The number of hydrogen-bond acceptors (Lipinski definition) is 4. The topological polar surface area (TPSA) is 69.2 Å². The van der Waals surface area contributed by atoms with Gasteiger partial charge in [0.2, 0.25) is 0 Å². The Bertz CT molecular complexity index is 386. The Morgan fingerprint density at radius 1 is 1.35 bits per heavy atom. The zero-order chi connectivity index (χ0) is 12.7. The van der Waals surface area contributed by atoms with Crippen molar-refractivity contribution >= 4 is 35.2 Å². The van der Waals surface area contributed by atoms with Crippen molar-refractivity contribution in [3.63, 3.8) is 0 Å². The summed E-state index contributed by atoms with van der Waals surface area (Å²) in [6, 6.07) is 8.55. The lowest BCUT2D eigenvalue weighted by atomic mass is 10.2. The van der Waals surface area contributed by atoms with Crippen LogP contribution in [0.3, 0.4) is 0 Å². The molecule has 0 saturated carbocycles. The maximum Gasteiger partial charge on any atom is 0.170 e. The number of carboxylic acid groups (broad SMARTS) is 1. The molecule has 1 atom stereocenters. The summed E-state index contributed by atoms with van der Waals surface area (Å²) >= 11 is 6.78. The van der Waals surface area contributed by atoms with Gasteiger partial charge in [0.25, 0.3) is 0 Å². The maximum atomic E-state index is 11.4. The van der Waals surface area contributed by atoms with Crippen molar-refractivity contribution in [1.82, 2.24) is 5.32 Å². The highest BCUT2D eigenvalue weighted by molar-refractivity contribution is 7.99. The Morgan fingerprint density at radius 2 is 2.00 bits per heavy atom.